The molecule has 1 N–H and O–H groups in total. The molecule has 0 atom stereocenters. The summed E-state index contributed by atoms with van der Waals surface area (Å²) in [6.07, 6.45) is 1.97. The Balaban J connectivity index is 1.46. The maximum atomic E-state index is 12.3. The molecule has 2 aromatic heterocycles. The highest BCUT2D eigenvalue weighted by atomic mass is 32.1. The first kappa shape index (κ1) is 19.1. The summed E-state index contributed by atoms with van der Waals surface area (Å²) in [6, 6.07) is 20.2. The second kappa shape index (κ2) is 8.41. The van der Waals surface area contributed by atoms with E-state index in [9.17, 15) is 4.79 Å². The van der Waals surface area contributed by atoms with Crippen LogP contribution in [-0.4, -0.2) is 29.5 Å². The fourth-order valence-corrected chi connectivity index (χ4v) is 4.13. The Kier molecular flexibility index (Phi) is 5.53. The molecule has 5 nitrogen and oxygen atoms in total. The normalized spacial score (nSPS) is 10.8. The lowest BCUT2D eigenvalue weighted by Crippen LogP contribution is -2.24. The molecule has 0 radical (unpaired) electrons. The maximum Gasteiger partial charge on any atom is 0.226 e. The molecule has 0 saturated heterocycles. The molecule has 0 fully saturated rings. The van der Waals surface area contributed by atoms with Crippen LogP contribution in [0.2, 0.25) is 0 Å². The van der Waals surface area contributed by atoms with Gasteiger partial charge >= 0.3 is 0 Å². The molecule has 146 valence electrons. The van der Waals surface area contributed by atoms with Gasteiger partial charge in [0.05, 0.1) is 5.39 Å². The lowest BCUT2D eigenvalue weighted by atomic mass is 10.2. The topological polar surface area (TPSA) is 58.1 Å². The van der Waals surface area contributed by atoms with Crippen molar-refractivity contribution < 1.29 is 4.79 Å². The van der Waals surface area contributed by atoms with E-state index < -0.39 is 0 Å². The van der Waals surface area contributed by atoms with Gasteiger partial charge in [-0.1, -0.05) is 48.0 Å². The van der Waals surface area contributed by atoms with Crippen molar-refractivity contribution in [1.29, 1.82) is 0 Å². The van der Waals surface area contributed by atoms with E-state index in [0.29, 0.717) is 13.0 Å². The molecule has 4 rings (SSSR count). The molecule has 0 spiro atoms. The molecule has 2 aromatic carbocycles. The minimum atomic E-state index is -0.0127. The third-order valence-corrected chi connectivity index (χ3v) is 5.83. The van der Waals surface area contributed by atoms with E-state index >= 15 is 0 Å². The van der Waals surface area contributed by atoms with Crippen molar-refractivity contribution in [3.05, 3.63) is 72.6 Å². The van der Waals surface area contributed by atoms with Crippen LogP contribution in [0.5, 0.6) is 0 Å². The molecule has 0 saturated carbocycles. The summed E-state index contributed by atoms with van der Waals surface area (Å²) in [5.74, 6) is 0.831. The number of nitrogens with zero attached hydrogens (tertiary/aromatic N) is 3. The average Bonchev–Trinajstić information content (AvgIpc) is 3.19. The Morgan fingerprint density at radius 3 is 2.59 bits per heavy atom. The molecule has 1 amide bonds. The Bertz CT molecular complexity index is 1120. The van der Waals surface area contributed by atoms with Crippen LogP contribution in [0.3, 0.4) is 0 Å². The quantitative estimate of drug-likeness (QED) is 0.486. The summed E-state index contributed by atoms with van der Waals surface area (Å²) < 4.78 is 0. The molecule has 0 unspecified atom stereocenters. The number of aryl methyl sites for hydroxylation is 1. The number of thiophene rings is 1. The molecule has 0 bridgehead atoms. The van der Waals surface area contributed by atoms with E-state index in [1.54, 1.807) is 17.7 Å². The Hall–Kier alpha value is -3.25. The third kappa shape index (κ3) is 4.43. The number of rotatable bonds is 6. The number of fused-ring (bicyclic) bond motifs is 1. The highest BCUT2D eigenvalue weighted by Gasteiger charge is 2.14. The number of hydrogen-bond acceptors (Lipinski definition) is 5. The number of carbonyl (C=O) groups excluding carboxylic acids is 1. The smallest absolute Gasteiger partial charge is 0.226 e. The van der Waals surface area contributed by atoms with Crippen LogP contribution in [0.25, 0.3) is 20.7 Å². The van der Waals surface area contributed by atoms with Crippen molar-refractivity contribution in [2.45, 2.75) is 13.3 Å². The van der Waals surface area contributed by atoms with Crippen molar-refractivity contribution in [1.82, 2.24) is 9.97 Å². The van der Waals surface area contributed by atoms with Gasteiger partial charge in [0.2, 0.25) is 5.91 Å². The summed E-state index contributed by atoms with van der Waals surface area (Å²) in [5, 5.41) is 3.95. The first-order valence-corrected chi connectivity index (χ1v) is 10.3. The summed E-state index contributed by atoms with van der Waals surface area (Å²) >= 11 is 1.65. The maximum absolute atomic E-state index is 12.3. The van der Waals surface area contributed by atoms with E-state index in [1.165, 1.54) is 11.1 Å². The predicted octanol–water partition coefficient (Wildman–Crippen LogP) is 5.13. The van der Waals surface area contributed by atoms with Crippen molar-refractivity contribution in [2.24, 2.45) is 0 Å². The second-order valence-corrected chi connectivity index (χ2v) is 8.01. The van der Waals surface area contributed by atoms with Gasteiger partial charge in [0.25, 0.3) is 0 Å². The van der Waals surface area contributed by atoms with Crippen LogP contribution in [0.15, 0.2) is 67.0 Å². The van der Waals surface area contributed by atoms with Gasteiger partial charge in [0, 0.05) is 30.6 Å². The lowest BCUT2D eigenvalue weighted by Gasteiger charge is -2.18. The van der Waals surface area contributed by atoms with Crippen LogP contribution in [0.1, 0.15) is 12.0 Å². The molecule has 4 aromatic rings. The fraction of sp³-hybridized carbons (Fsp3) is 0.174. The van der Waals surface area contributed by atoms with Crippen molar-refractivity contribution in [3.8, 4) is 10.4 Å². The van der Waals surface area contributed by atoms with Gasteiger partial charge in [-0.05, 0) is 30.7 Å². The van der Waals surface area contributed by atoms with E-state index in [0.717, 1.165) is 26.6 Å². The van der Waals surface area contributed by atoms with Gasteiger partial charge in [-0.2, -0.15) is 0 Å². The number of hydrogen-bond donors (Lipinski definition) is 1. The molecule has 29 heavy (non-hydrogen) atoms. The molecule has 0 aliphatic heterocycles. The number of nitrogens with one attached hydrogen (secondary N) is 1. The highest BCUT2D eigenvalue weighted by Crippen LogP contribution is 2.35. The fourth-order valence-electron chi connectivity index (χ4n) is 3.13. The monoisotopic (exact) mass is 402 g/mol. The summed E-state index contributed by atoms with van der Waals surface area (Å²) in [7, 11) is 1.96. The lowest BCUT2D eigenvalue weighted by molar-refractivity contribution is -0.116. The van der Waals surface area contributed by atoms with E-state index in [2.05, 4.69) is 33.5 Å². The number of aromatic nitrogens is 2. The zero-order valence-corrected chi connectivity index (χ0v) is 17.2. The molecule has 0 aliphatic rings. The van der Waals surface area contributed by atoms with E-state index in [4.69, 9.17) is 0 Å². The molecule has 6 heteroatoms. The van der Waals surface area contributed by atoms with E-state index in [-0.39, 0.29) is 5.91 Å². The Morgan fingerprint density at radius 2 is 1.83 bits per heavy atom. The summed E-state index contributed by atoms with van der Waals surface area (Å²) in [4.78, 5) is 25.3. The van der Waals surface area contributed by atoms with Crippen LogP contribution in [0, 0.1) is 6.92 Å². The molecule has 0 aliphatic carbocycles. The van der Waals surface area contributed by atoms with Gasteiger partial charge in [0.15, 0.2) is 0 Å². The van der Waals surface area contributed by atoms with Crippen molar-refractivity contribution in [3.63, 3.8) is 0 Å². The predicted molar refractivity (Wildman–Crippen MR) is 121 cm³/mol. The van der Waals surface area contributed by atoms with Gasteiger partial charge in [-0.25, -0.2) is 9.97 Å². The summed E-state index contributed by atoms with van der Waals surface area (Å²) in [6.45, 7) is 2.59. The largest absolute Gasteiger partial charge is 0.359 e. The van der Waals surface area contributed by atoms with Crippen LogP contribution >= 0.6 is 11.3 Å². The Labute approximate surface area is 174 Å². The van der Waals surface area contributed by atoms with Crippen LogP contribution in [-0.2, 0) is 4.79 Å². The highest BCUT2D eigenvalue weighted by molar-refractivity contribution is 7.21. The van der Waals surface area contributed by atoms with E-state index in [1.807, 2.05) is 61.3 Å². The Morgan fingerprint density at radius 1 is 1.07 bits per heavy atom. The van der Waals surface area contributed by atoms with Crippen molar-refractivity contribution in [2.75, 3.05) is 23.8 Å². The number of benzene rings is 2. The third-order valence-electron chi connectivity index (χ3n) is 4.74. The van der Waals surface area contributed by atoms with Crippen LogP contribution < -0.4 is 10.2 Å². The number of amides is 1. The van der Waals surface area contributed by atoms with Gasteiger partial charge in [-0.3, -0.25) is 4.79 Å². The standard InChI is InChI=1S/C23H22N4OS/c1-16-8-10-18(11-9-16)26-21(28)12-13-27(2)22-19-14-20(17-6-4-3-5-7-17)29-23(19)25-15-24-22/h3-11,14-15H,12-13H2,1-2H3,(H,26,28). The second-order valence-electron chi connectivity index (χ2n) is 6.98. The zero-order valence-electron chi connectivity index (χ0n) is 16.4. The molecular formula is C23H22N4OS. The molecule has 2 heterocycles. The zero-order chi connectivity index (χ0) is 20.2. The van der Waals surface area contributed by atoms with Crippen LogP contribution in [0.4, 0.5) is 11.5 Å². The van der Waals surface area contributed by atoms with Gasteiger partial charge in [-0.15, -0.1) is 11.3 Å². The minimum absolute atomic E-state index is 0.0127. The first-order valence-electron chi connectivity index (χ1n) is 9.48. The number of carbonyl (C=O) groups is 1. The van der Waals surface area contributed by atoms with Crippen molar-refractivity contribution >= 4 is 39.0 Å². The molecular weight excluding hydrogens is 380 g/mol. The SMILES string of the molecule is Cc1ccc(NC(=O)CCN(C)c2ncnc3sc(-c4ccccc4)cc23)cc1. The number of anilines is 2. The minimum Gasteiger partial charge on any atom is -0.359 e. The first-order chi connectivity index (χ1) is 14.1. The van der Waals surface area contributed by atoms with Gasteiger partial charge in [0.1, 0.15) is 17.0 Å². The summed E-state index contributed by atoms with van der Waals surface area (Å²) in [5.41, 5.74) is 3.15. The average molecular weight is 403 g/mol. The van der Waals surface area contributed by atoms with Gasteiger partial charge < -0.3 is 10.2 Å².